The van der Waals surface area contributed by atoms with E-state index in [1.807, 2.05) is 23.8 Å². The zero-order valence-corrected chi connectivity index (χ0v) is 12.0. The Bertz CT molecular complexity index is 580. The topological polar surface area (TPSA) is 53.7 Å². The van der Waals surface area contributed by atoms with E-state index in [4.69, 9.17) is 0 Å². The van der Waals surface area contributed by atoms with Crippen molar-refractivity contribution in [3.63, 3.8) is 0 Å². The van der Waals surface area contributed by atoms with Crippen molar-refractivity contribution in [3.05, 3.63) is 23.2 Å². The van der Waals surface area contributed by atoms with Gasteiger partial charge in [0.15, 0.2) is 11.5 Å². The lowest BCUT2D eigenvalue weighted by atomic mass is 10.4. The van der Waals surface area contributed by atoms with Crippen LogP contribution in [0.4, 0.5) is 5.82 Å². The molecule has 0 bridgehead atoms. The third kappa shape index (κ3) is 2.45. The Morgan fingerprint density at radius 2 is 2.17 bits per heavy atom. The molecular weight excluding hydrogens is 298 g/mol. The van der Waals surface area contributed by atoms with Crippen LogP contribution in [0.25, 0.3) is 5.65 Å². The number of fused-ring (bicyclic) bond motifs is 1. The van der Waals surface area contributed by atoms with E-state index in [2.05, 4.69) is 25.9 Å². The molecule has 0 radical (unpaired) electrons. The molecule has 96 valence electrons. The van der Waals surface area contributed by atoms with Crippen molar-refractivity contribution in [2.75, 3.05) is 32.6 Å². The van der Waals surface area contributed by atoms with Gasteiger partial charge in [-0.1, -0.05) is 0 Å². The number of hydrogen-bond donors (Lipinski definition) is 0. The first-order chi connectivity index (χ1) is 8.49. The monoisotopic (exact) mass is 311 g/mol. The van der Waals surface area contributed by atoms with Crippen molar-refractivity contribution in [1.29, 1.82) is 0 Å². The minimum Gasteiger partial charge on any atom is -0.347 e. The number of carbonyl (C=O) groups is 1. The molecule has 2 rings (SSSR count). The maximum absolute atomic E-state index is 11.7. The third-order valence-electron chi connectivity index (χ3n) is 2.56. The second-order valence-electron chi connectivity index (χ2n) is 4.19. The highest BCUT2D eigenvalue weighted by Gasteiger charge is 2.14. The van der Waals surface area contributed by atoms with Gasteiger partial charge < -0.3 is 14.2 Å². The van der Waals surface area contributed by atoms with Crippen LogP contribution in [-0.4, -0.2) is 52.9 Å². The first-order valence-electron chi connectivity index (χ1n) is 5.39. The SMILES string of the molecule is CN(C)C(=O)CN(C)c1nc(Br)cn2ccnc12. The molecule has 0 unspecified atom stereocenters. The average molecular weight is 312 g/mol. The summed E-state index contributed by atoms with van der Waals surface area (Å²) in [4.78, 5) is 23.7. The van der Waals surface area contributed by atoms with Crippen LogP contribution in [0.2, 0.25) is 0 Å². The van der Waals surface area contributed by atoms with Crippen LogP contribution in [0.15, 0.2) is 23.2 Å². The predicted octanol–water partition coefficient (Wildman–Crippen LogP) is 1.02. The van der Waals surface area contributed by atoms with Gasteiger partial charge in [-0.3, -0.25) is 4.79 Å². The standard InChI is InChI=1S/C11H14BrN5O/c1-15(2)9(18)7-16(3)11-10-13-4-5-17(10)6-8(12)14-11/h4-6H,7H2,1-3H3. The molecule has 2 aromatic rings. The molecule has 2 heterocycles. The number of hydrogen-bond acceptors (Lipinski definition) is 4. The van der Waals surface area contributed by atoms with Gasteiger partial charge in [0.05, 0.1) is 6.54 Å². The number of halogens is 1. The van der Waals surface area contributed by atoms with E-state index in [1.165, 1.54) is 0 Å². The zero-order chi connectivity index (χ0) is 13.3. The molecule has 6 nitrogen and oxygen atoms in total. The summed E-state index contributed by atoms with van der Waals surface area (Å²) >= 11 is 3.35. The highest BCUT2D eigenvalue weighted by Crippen LogP contribution is 2.19. The van der Waals surface area contributed by atoms with Crippen molar-refractivity contribution in [3.8, 4) is 0 Å². The minimum atomic E-state index is 0.0176. The van der Waals surface area contributed by atoms with Gasteiger partial charge in [-0.05, 0) is 15.9 Å². The van der Waals surface area contributed by atoms with Gasteiger partial charge in [0.25, 0.3) is 0 Å². The molecule has 0 saturated heterocycles. The van der Waals surface area contributed by atoms with E-state index in [9.17, 15) is 4.79 Å². The number of carbonyl (C=O) groups excluding carboxylic acids is 1. The van der Waals surface area contributed by atoms with E-state index >= 15 is 0 Å². The van der Waals surface area contributed by atoms with Gasteiger partial charge in [0.1, 0.15) is 4.60 Å². The molecule has 0 N–H and O–H groups in total. The molecule has 0 aliphatic carbocycles. The van der Waals surface area contributed by atoms with E-state index in [0.29, 0.717) is 10.4 Å². The second-order valence-corrected chi connectivity index (χ2v) is 5.00. The van der Waals surface area contributed by atoms with Crippen molar-refractivity contribution in [2.24, 2.45) is 0 Å². The summed E-state index contributed by atoms with van der Waals surface area (Å²) in [5.74, 6) is 0.688. The first-order valence-corrected chi connectivity index (χ1v) is 6.19. The highest BCUT2D eigenvalue weighted by molar-refractivity contribution is 9.10. The summed E-state index contributed by atoms with van der Waals surface area (Å²) in [6, 6.07) is 0. The molecule has 0 spiro atoms. The molecule has 0 aliphatic rings. The molecule has 18 heavy (non-hydrogen) atoms. The van der Waals surface area contributed by atoms with Gasteiger partial charge in [-0.2, -0.15) is 0 Å². The van der Waals surface area contributed by atoms with Crippen LogP contribution < -0.4 is 4.90 Å². The van der Waals surface area contributed by atoms with Crippen LogP contribution in [0.1, 0.15) is 0 Å². The van der Waals surface area contributed by atoms with E-state index in [1.54, 1.807) is 30.1 Å². The number of anilines is 1. The van der Waals surface area contributed by atoms with E-state index in [0.717, 1.165) is 5.65 Å². The summed E-state index contributed by atoms with van der Waals surface area (Å²) in [7, 11) is 5.29. The van der Waals surface area contributed by atoms with Gasteiger partial charge in [0, 0.05) is 39.7 Å². The fourth-order valence-electron chi connectivity index (χ4n) is 1.56. The summed E-state index contributed by atoms with van der Waals surface area (Å²) in [6.45, 7) is 0.263. The van der Waals surface area contributed by atoms with Gasteiger partial charge in [-0.15, -0.1) is 0 Å². The lowest BCUT2D eigenvalue weighted by Crippen LogP contribution is -2.35. The summed E-state index contributed by atoms with van der Waals surface area (Å²) < 4.78 is 2.57. The van der Waals surface area contributed by atoms with Gasteiger partial charge in [0.2, 0.25) is 5.91 Å². The quantitative estimate of drug-likeness (QED) is 0.849. The first kappa shape index (κ1) is 12.8. The summed E-state index contributed by atoms with van der Waals surface area (Å²) in [6.07, 6.45) is 5.37. The van der Waals surface area contributed by atoms with Crippen molar-refractivity contribution >= 4 is 33.3 Å². The minimum absolute atomic E-state index is 0.0176. The molecule has 0 fully saturated rings. The lowest BCUT2D eigenvalue weighted by molar-refractivity contribution is -0.127. The Kier molecular flexibility index (Phi) is 3.51. The smallest absolute Gasteiger partial charge is 0.241 e. The molecule has 2 aromatic heterocycles. The molecule has 7 heteroatoms. The molecular formula is C11H14BrN5O. The maximum Gasteiger partial charge on any atom is 0.241 e. The largest absolute Gasteiger partial charge is 0.347 e. The number of nitrogens with zero attached hydrogens (tertiary/aromatic N) is 5. The second kappa shape index (κ2) is 4.93. The Balaban J connectivity index is 2.35. The van der Waals surface area contributed by atoms with Crippen LogP contribution in [-0.2, 0) is 4.79 Å². The lowest BCUT2D eigenvalue weighted by Gasteiger charge is -2.20. The predicted molar refractivity (Wildman–Crippen MR) is 72.7 cm³/mol. The molecule has 0 saturated carbocycles. The highest BCUT2D eigenvalue weighted by atomic mass is 79.9. The van der Waals surface area contributed by atoms with E-state index in [-0.39, 0.29) is 12.5 Å². The average Bonchev–Trinajstić information content (AvgIpc) is 2.75. The Morgan fingerprint density at radius 1 is 1.44 bits per heavy atom. The summed E-state index contributed by atoms with van der Waals surface area (Å²) in [5.41, 5.74) is 0.729. The summed E-state index contributed by atoms with van der Waals surface area (Å²) in [5, 5.41) is 0. The van der Waals surface area contributed by atoms with Gasteiger partial charge in [-0.25, -0.2) is 9.97 Å². The van der Waals surface area contributed by atoms with E-state index < -0.39 is 0 Å². The Hall–Kier alpha value is -1.63. The molecule has 0 atom stereocenters. The Morgan fingerprint density at radius 3 is 2.83 bits per heavy atom. The third-order valence-corrected chi connectivity index (χ3v) is 2.94. The number of amides is 1. The Labute approximate surface area is 113 Å². The van der Waals surface area contributed by atoms with Gasteiger partial charge >= 0.3 is 0 Å². The molecule has 1 amide bonds. The molecule has 0 aliphatic heterocycles. The number of rotatable bonds is 3. The molecule has 0 aromatic carbocycles. The number of likely N-dealkylation sites (N-methyl/N-ethyl adjacent to an activating group) is 2. The van der Waals surface area contributed by atoms with Crippen LogP contribution in [0.5, 0.6) is 0 Å². The number of imidazole rings is 1. The fraction of sp³-hybridized carbons (Fsp3) is 0.364. The maximum atomic E-state index is 11.7. The van der Waals surface area contributed by atoms with Crippen molar-refractivity contribution in [2.45, 2.75) is 0 Å². The van der Waals surface area contributed by atoms with Crippen molar-refractivity contribution in [1.82, 2.24) is 19.3 Å². The van der Waals surface area contributed by atoms with Crippen molar-refractivity contribution < 1.29 is 4.79 Å². The normalized spacial score (nSPS) is 10.7. The van der Waals surface area contributed by atoms with Crippen LogP contribution in [0.3, 0.4) is 0 Å². The van der Waals surface area contributed by atoms with Crippen LogP contribution >= 0.6 is 15.9 Å². The zero-order valence-electron chi connectivity index (χ0n) is 10.5. The fourth-order valence-corrected chi connectivity index (χ4v) is 1.95. The number of aromatic nitrogens is 3. The van der Waals surface area contributed by atoms with Crippen LogP contribution in [0, 0.1) is 0 Å².